The minimum absolute atomic E-state index is 0.124. The molecule has 3 aromatic rings. The lowest BCUT2D eigenvalue weighted by Crippen LogP contribution is -2.26. The molecule has 0 radical (unpaired) electrons. The Kier molecular flexibility index (Phi) is 6.08. The van der Waals surface area contributed by atoms with Crippen molar-refractivity contribution in [2.75, 3.05) is 18.5 Å². The number of nitrogens with zero attached hydrogens (tertiary/aromatic N) is 6. The number of ether oxygens (including phenoxy) is 1. The van der Waals surface area contributed by atoms with Crippen LogP contribution in [0.5, 0.6) is 0 Å². The van der Waals surface area contributed by atoms with Gasteiger partial charge in [-0.05, 0) is 24.3 Å². The third-order valence-electron chi connectivity index (χ3n) is 5.80. The summed E-state index contributed by atoms with van der Waals surface area (Å²) >= 11 is 0. The number of carbonyl (C=O) groups is 2. The summed E-state index contributed by atoms with van der Waals surface area (Å²) in [7, 11) is 1.57. The van der Waals surface area contributed by atoms with E-state index in [2.05, 4.69) is 25.8 Å². The Labute approximate surface area is 199 Å². The summed E-state index contributed by atoms with van der Waals surface area (Å²) < 4.78 is 22.0. The van der Waals surface area contributed by atoms with Crippen molar-refractivity contribution in [2.24, 2.45) is 5.16 Å². The Morgan fingerprint density at radius 3 is 2.86 bits per heavy atom. The summed E-state index contributed by atoms with van der Waals surface area (Å²) in [4.78, 5) is 34.9. The number of hydrogen-bond acceptors (Lipinski definition) is 8. The molecule has 1 aromatic carbocycles. The van der Waals surface area contributed by atoms with Crippen molar-refractivity contribution in [1.29, 1.82) is 0 Å². The van der Waals surface area contributed by atoms with Gasteiger partial charge in [0.1, 0.15) is 23.7 Å². The minimum Gasteiger partial charge on any atom is -0.442 e. The summed E-state index contributed by atoms with van der Waals surface area (Å²) in [5.74, 6) is -0.613. The van der Waals surface area contributed by atoms with Gasteiger partial charge in [-0.25, -0.2) is 13.9 Å². The van der Waals surface area contributed by atoms with Gasteiger partial charge < -0.3 is 14.9 Å². The average molecular weight is 479 g/mol. The number of hydrogen-bond donors (Lipinski definition) is 1. The predicted molar refractivity (Wildman–Crippen MR) is 122 cm³/mol. The number of benzene rings is 1. The van der Waals surface area contributed by atoms with E-state index in [1.54, 1.807) is 54.6 Å². The molecule has 2 amide bonds. The Hall–Kier alpha value is -4.35. The third kappa shape index (κ3) is 4.81. The van der Waals surface area contributed by atoms with E-state index in [1.807, 2.05) is 0 Å². The molecule has 4 heterocycles. The predicted octanol–water partition coefficient (Wildman–Crippen LogP) is 2.13. The van der Waals surface area contributed by atoms with Gasteiger partial charge in [-0.2, -0.15) is 0 Å². The van der Waals surface area contributed by atoms with Crippen molar-refractivity contribution in [2.45, 2.75) is 31.6 Å². The first kappa shape index (κ1) is 22.4. The van der Waals surface area contributed by atoms with Crippen LogP contribution in [-0.2, 0) is 20.9 Å². The van der Waals surface area contributed by atoms with Gasteiger partial charge >= 0.3 is 6.09 Å². The van der Waals surface area contributed by atoms with Crippen molar-refractivity contribution in [3.05, 3.63) is 60.4 Å². The topological polar surface area (TPSA) is 124 Å². The monoisotopic (exact) mass is 479 g/mol. The van der Waals surface area contributed by atoms with Crippen LogP contribution in [0.2, 0.25) is 0 Å². The highest BCUT2D eigenvalue weighted by Gasteiger charge is 2.33. The van der Waals surface area contributed by atoms with Crippen molar-refractivity contribution >= 4 is 23.4 Å². The van der Waals surface area contributed by atoms with Crippen LogP contribution in [0.15, 0.2) is 54.1 Å². The molecule has 12 heteroatoms. The number of carbonyl (C=O) groups excluding carboxylic acids is 2. The number of halogens is 1. The van der Waals surface area contributed by atoms with Crippen LogP contribution in [0.4, 0.5) is 14.9 Å². The highest BCUT2D eigenvalue weighted by molar-refractivity contribution is 6.00. The summed E-state index contributed by atoms with van der Waals surface area (Å²) in [5.41, 5.74) is 2.56. The van der Waals surface area contributed by atoms with E-state index < -0.39 is 18.0 Å². The summed E-state index contributed by atoms with van der Waals surface area (Å²) in [6, 6.07) is 8.06. The molecule has 180 valence electrons. The quantitative estimate of drug-likeness (QED) is 0.551. The number of pyridine rings is 1. The van der Waals surface area contributed by atoms with Crippen LogP contribution in [0, 0.1) is 5.82 Å². The Morgan fingerprint density at radius 2 is 2.14 bits per heavy atom. The van der Waals surface area contributed by atoms with E-state index >= 15 is 4.39 Å². The number of nitrogens with one attached hydrogen (secondary N) is 1. The minimum atomic E-state index is -0.539. The Balaban J connectivity index is 1.25. The van der Waals surface area contributed by atoms with Crippen molar-refractivity contribution in [3.63, 3.8) is 0 Å². The maximum Gasteiger partial charge on any atom is 0.414 e. The summed E-state index contributed by atoms with van der Waals surface area (Å²) in [5, 5.41) is 14.2. The average Bonchev–Trinajstić information content (AvgIpc) is 3.61. The van der Waals surface area contributed by atoms with Gasteiger partial charge in [0, 0.05) is 37.0 Å². The Morgan fingerprint density at radius 1 is 1.26 bits per heavy atom. The van der Waals surface area contributed by atoms with E-state index in [-0.39, 0.29) is 25.0 Å². The molecule has 2 aliphatic heterocycles. The molecule has 1 saturated heterocycles. The second kappa shape index (κ2) is 9.49. The molecule has 0 spiro atoms. The molecular formula is C23H22FN7O4. The lowest BCUT2D eigenvalue weighted by Gasteiger charge is -2.14. The zero-order valence-electron chi connectivity index (χ0n) is 18.8. The second-order valence-corrected chi connectivity index (χ2v) is 8.18. The van der Waals surface area contributed by atoms with Crippen LogP contribution >= 0.6 is 0 Å². The molecule has 0 saturated carbocycles. The standard InChI is InChI=1S/C23H22FN7O4/c1-25-22(32)10-16-9-21(28-35-16)20-5-2-14(11-26-20)18-4-3-15(8-19(18)24)31-13-17(34-23(31)33)12-30-7-6-27-29-30/h2-8,11,16-17H,9-10,12-13H2,1H3,(H,25,32)/t16?,17-/m0/s1. The smallest absolute Gasteiger partial charge is 0.414 e. The van der Waals surface area contributed by atoms with E-state index in [1.165, 1.54) is 11.0 Å². The second-order valence-electron chi connectivity index (χ2n) is 8.18. The van der Waals surface area contributed by atoms with Gasteiger partial charge in [-0.1, -0.05) is 16.4 Å². The largest absolute Gasteiger partial charge is 0.442 e. The van der Waals surface area contributed by atoms with Crippen molar-refractivity contribution in [3.8, 4) is 11.1 Å². The number of oxime groups is 1. The highest BCUT2D eigenvalue weighted by Crippen LogP contribution is 2.29. The van der Waals surface area contributed by atoms with Crippen LogP contribution < -0.4 is 10.2 Å². The maximum absolute atomic E-state index is 15.0. The molecule has 1 N–H and O–H groups in total. The van der Waals surface area contributed by atoms with E-state index in [9.17, 15) is 9.59 Å². The summed E-state index contributed by atoms with van der Waals surface area (Å²) in [6.45, 7) is 0.641. The van der Waals surface area contributed by atoms with E-state index in [0.717, 1.165) is 0 Å². The number of anilines is 1. The molecule has 5 rings (SSSR count). The number of cyclic esters (lactones) is 1. The summed E-state index contributed by atoms with van der Waals surface area (Å²) in [6.07, 6.45) is 4.18. The van der Waals surface area contributed by atoms with Gasteiger partial charge in [-0.15, -0.1) is 5.10 Å². The molecule has 2 aliphatic rings. The lowest BCUT2D eigenvalue weighted by molar-refractivity contribution is -0.123. The SMILES string of the molecule is CNC(=O)CC1CC(c2ccc(-c3ccc(N4C[C@H](Cn5ccnn5)OC4=O)cc3F)cn2)=NO1. The van der Waals surface area contributed by atoms with E-state index in [4.69, 9.17) is 9.57 Å². The fraction of sp³-hybridized carbons (Fsp3) is 0.304. The molecule has 0 aliphatic carbocycles. The normalized spacial score (nSPS) is 19.3. The van der Waals surface area contributed by atoms with Crippen molar-refractivity contribution in [1.82, 2.24) is 25.3 Å². The van der Waals surface area contributed by atoms with Crippen molar-refractivity contribution < 1.29 is 23.6 Å². The Bertz CT molecular complexity index is 1260. The maximum atomic E-state index is 15.0. The van der Waals surface area contributed by atoms with Crippen LogP contribution in [0.25, 0.3) is 11.1 Å². The highest BCUT2D eigenvalue weighted by atomic mass is 19.1. The van der Waals surface area contributed by atoms with Gasteiger partial charge in [0.25, 0.3) is 0 Å². The molecule has 0 bridgehead atoms. The van der Waals surface area contributed by atoms with Gasteiger partial charge in [0.05, 0.1) is 37.1 Å². The lowest BCUT2D eigenvalue weighted by atomic mass is 10.0. The fourth-order valence-electron chi connectivity index (χ4n) is 3.99. The molecule has 2 aromatic heterocycles. The molecule has 2 atom stereocenters. The van der Waals surface area contributed by atoms with Crippen LogP contribution in [-0.4, -0.2) is 63.5 Å². The van der Waals surface area contributed by atoms with Gasteiger partial charge in [0.2, 0.25) is 5.91 Å². The fourth-order valence-corrected chi connectivity index (χ4v) is 3.99. The number of aromatic nitrogens is 4. The number of amides is 2. The first-order valence-corrected chi connectivity index (χ1v) is 11.0. The first-order valence-electron chi connectivity index (χ1n) is 11.0. The van der Waals surface area contributed by atoms with Crippen LogP contribution in [0.3, 0.4) is 0 Å². The third-order valence-corrected chi connectivity index (χ3v) is 5.80. The molecule has 11 nitrogen and oxygen atoms in total. The number of rotatable bonds is 7. The molecule has 1 fully saturated rings. The zero-order valence-corrected chi connectivity index (χ0v) is 18.8. The van der Waals surface area contributed by atoms with E-state index in [0.29, 0.717) is 41.2 Å². The molecular weight excluding hydrogens is 457 g/mol. The van der Waals surface area contributed by atoms with Gasteiger partial charge in [-0.3, -0.25) is 14.7 Å². The zero-order chi connectivity index (χ0) is 24.4. The van der Waals surface area contributed by atoms with Gasteiger partial charge in [0.15, 0.2) is 0 Å². The van der Waals surface area contributed by atoms with Crippen LogP contribution in [0.1, 0.15) is 18.5 Å². The molecule has 1 unspecified atom stereocenters. The molecule has 35 heavy (non-hydrogen) atoms. The first-order chi connectivity index (χ1) is 17.0.